The molecule has 144 valence electrons. The Balaban J connectivity index is 1.51. The second-order valence-electron chi connectivity index (χ2n) is 7.58. The fraction of sp³-hybridized carbons (Fsp3) is 0.261. The highest BCUT2D eigenvalue weighted by Crippen LogP contribution is 2.38. The van der Waals surface area contributed by atoms with E-state index in [0.717, 1.165) is 52.8 Å². The zero-order valence-corrected chi connectivity index (χ0v) is 15.9. The Bertz CT molecular complexity index is 1180. The summed E-state index contributed by atoms with van der Waals surface area (Å²) < 4.78 is 1.74. The second kappa shape index (κ2) is 6.78. The predicted molar refractivity (Wildman–Crippen MR) is 111 cm³/mol. The fourth-order valence-corrected chi connectivity index (χ4v) is 4.56. The first-order chi connectivity index (χ1) is 14.2. The minimum absolute atomic E-state index is 0.114. The molecule has 2 aliphatic heterocycles. The Morgan fingerprint density at radius 2 is 1.90 bits per heavy atom. The van der Waals surface area contributed by atoms with Crippen LogP contribution in [0.4, 0.5) is 11.4 Å². The molecule has 2 amide bonds. The molecule has 0 spiro atoms. The molecule has 0 bridgehead atoms. The smallest absolute Gasteiger partial charge is 0.272 e. The Morgan fingerprint density at radius 3 is 2.72 bits per heavy atom. The first-order valence-corrected chi connectivity index (χ1v) is 9.88. The minimum atomic E-state index is -0.233. The third-order valence-corrected chi connectivity index (χ3v) is 5.80. The summed E-state index contributed by atoms with van der Waals surface area (Å²) in [4.78, 5) is 27.2. The number of nitrogens with one attached hydrogen (secondary N) is 1. The van der Waals surface area contributed by atoms with Crippen LogP contribution in [0.3, 0.4) is 0 Å². The van der Waals surface area contributed by atoms with E-state index in [1.165, 1.54) is 0 Å². The average Bonchev–Trinajstić information content (AvgIpc) is 3.10. The third-order valence-electron chi connectivity index (χ3n) is 5.80. The van der Waals surface area contributed by atoms with Crippen molar-refractivity contribution in [3.8, 4) is 6.07 Å². The van der Waals surface area contributed by atoms with Gasteiger partial charge in [-0.3, -0.25) is 9.59 Å². The van der Waals surface area contributed by atoms with E-state index in [0.29, 0.717) is 18.5 Å². The van der Waals surface area contributed by atoms with E-state index in [2.05, 4.69) is 11.4 Å². The molecular weight excluding hydrogens is 364 g/mol. The van der Waals surface area contributed by atoms with Gasteiger partial charge in [0.25, 0.3) is 5.91 Å². The van der Waals surface area contributed by atoms with E-state index < -0.39 is 0 Å². The number of hydrogen-bond donors (Lipinski definition) is 1. The van der Waals surface area contributed by atoms with Gasteiger partial charge in [0, 0.05) is 29.6 Å². The van der Waals surface area contributed by atoms with Gasteiger partial charge < -0.3 is 14.8 Å². The summed E-state index contributed by atoms with van der Waals surface area (Å²) in [6.07, 6.45) is 3.06. The van der Waals surface area contributed by atoms with Crippen LogP contribution >= 0.6 is 0 Å². The second-order valence-corrected chi connectivity index (χ2v) is 7.58. The zero-order valence-electron chi connectivity index (χ0n) is 15.9. The van der Waals surface area contributed by atoms with Crippen LogP contribution in [0.15, 0.2) is 42.5 Å². The lowest BCUT2D eigenvalue weighted by molar-refractivity contribution is -0.119. The molecule has 3 heterocycles. The van der Waals surface area contributed by atoms with Crippen molar-refractivity contribution >= 4 is 34.1 Å². The lowest BCUT2D eigenvalue weighted by Gasteiger charge is -2.35. The van der Waals surface area contributed by atoms with Gasteiger partial charge >= 0.3 is 0 Å². The van der Waals surface area contributed by atoms with E-state index in [1.54, 1.807) is 4.57 Å². The van der Waals surface area contributed by atoms with Crippen LogP contribution in [-0.4, -0.2) is 22.9 Å². The van der Waals surface area contributed by atoms with Crippen LogP contribution in [0.5, 0.6) is 0 Å². The van der Waals surface area contributed by atoms with Gasteiger partial charge in [-0.1, -0.05) is 18.2 Å². The molecule has 6 heteroatoms. The lowest BCUT2D eigenvalue weighted by Crippen LogP contribution is -2.39. The number of para-hydroxylation sites is 1. The SMILES string of the molecule is N#CCn1c(C(=O)Nc2cc3c4c(c2)CCC(=O)N4CCC3)cc2ccccc21. The van der Waals surface area contributed by atoms with Gasteiger partial charge in [-0.2, -0.15) is 5.26 Å². The standard InChI is InChI=1S/C23H20N4O2/c24-9-11-26-19-6-2-1-4-15(19)14-20(26)23(29)25-18-12-16-5-3-10-27-21(28)8-7-17(13-18)22(16)27/h1-2,4,6,12-14H,3,5,7-8,10-11H2,(H,25,29). The molecule has 0 unspecified atom stereocenters. The van der Waals surface area contributed by atoms with Crippen molar-refractivity contribution in [1.82, 2.24) is 4.57 Å². The molecule has 1 N–H and O–H groups in total. The number of aryl methyl sites for hydroxylation is 2. The molecule has 2 aliphatic rings. The van der Waals surface area contributed by atoms with Crippen molar-refractivity contribution in [2.45, 2.75) is 32.2 Å². The molecular formula is C23H20N4O2. The maximum atomic E-state index is 13.1. The van der Waals surface area contributed by atoms with Gasteiger partial charge in [-0.25, -0.2) is 0 Å². The quantitative estimate of drug-likeness (QED) is 0.749. The number of fused-ring (bicyclic) bond motifs is 1. The first kappa shape index (κ1) is 17.5. The molecule has 0 fully saturated rings. The molecule has 5 rings (SSSR count). The van der Waals surface area contributed by atoms with Crippen LogP contribution in [0.25, 0.3) is 10.9 Å². The van der Waals surface area contributed by atoms with Crippen molar-refractivity contribution in [2.75, 3.05) is 16.8 Å². The molecule has 2 aromatic carbocycles. The highest BCUT2D eigenvalue weighted by Gasteiger charge is 2.30. The number of nitrogens with zero attached hydrogens (tertiary/aromatic N) is 3. The van der Waals surface area contributed by atoms with Gasteiger partial charge in [-0.15, -0.1) is 0 Å². The number of nitriles is 1. The van der Waals surface area contributed by atoms with Crippen LogP contribution in [-0.2, 0) is 24.2 Å². The highest BCUT2D eigenvalue weighted by atomic mass is 16.2. The van der Waals surface area contributed by atoms with Crippen molar-refractivity contribution < 1.29 is 9.59 Å². The van der Waals surface area contributed by atoms with E-state index >= 15 is 0 Å². The summed E-state index contributed by atoms with van der Waals surface area (Å²) in [7, 11) is 0. The largest absolute Gasteiger partial charge is 0.322 e. The number of carbonyl (C=O) groups excluding carboxylic acids is 2. The number of carbonyl (C=O) groups is 2. The average molecular weight is 384 g/mol. The molecule has 0 atom stereocenters. The van der Waals surface area contributed by atoms with E-state index in [1.807, 2.05) is 47.4 Å². The van der Waals surface area contributed by atoms with Crippen LogP contribution in [0.2, 0.25) is 0 Å². The Kier molecular flexibility index (Phi) is 4.09. The maximum absolute atomic E-state index is 13.1. The van der Waals surface area contributed by atoms with Gasteiger partial charge in [0.05, 0.1) is 11.8 Å². The number of anilines is 2. The molecule has 0 saturated carbocycles. The Morgan fingerprint density at radius 1 is 1.10 bits per heavy atom. The lowest BCUT2D eigenvalue weighted by atomic mass is 9.91. The minimum Gasteiger partial charge on any atom is -0.322 e. The topological polar surface area (TPSA) is 78.1 Å². The summed E-state index contributed by atoms with van der Waals surface area (Å²) in [5.74, 6) is -0.0422. The van der Waals surface area contributed by atoms with Crippen molar-refractivity contribution in [1.29, 1.82) is 5.26 Å². The fourth-order valence-electron chi connectivity index (χ4n) is 4.56. The van der Waals surface area contributed by atoms with Gasteiger partial charge in [0.1, 0.15) is 12.2 Å². The monoisotopic (exact) mass is 384 g/mol. The highest BCUT2D eigenvalue weighted by molar-refractivity contribution is 6.07. The van der Waals surface area contributed by atoms with Gasteiger partial charge in [0.15, 0.2) is 0 Å². The molecule has 0 radical (unpaired) electrons. The van der Waals surface area contributed by atoms with E-state index in [-0.39, 0.29) is 18.4 Å². The number of benzene rings is 2. The van der Waals surface area contributed by atoms with Crippen molar-refractivity contribution in [2.24, 2.45) is 0 Å². The third kappa shape index (κ3) is 2.87. The Hall–Kier alpha value is -3.59. The zero-order chi connectivity index (χ0) is 20.0. The molecule has 3 aromatic rings. The molecule has 0 aliphatic carbocycles. The molecule has 6 nitrogen and oxygen atoms in total. The van der Waals surface area contributed by atoms with Crippen molar-refractivity contribution in [3.63, 3.8) is 0 Å². The van der Waals surface area contributed by atoms with Crippen molar-refractivity contribution in [3.05, 3.63) is 59.3 Å². The molecule has 0 saturated heterocycles. The van der Waals surface area contributed by atoms with E-state index in [9.17, 15) is 14.9 Å². The summed E-state index contributed by atoms with van der Waals surface area (Å²) in [5, 5.41) is 13.2. The van der Waals surface area contributed by atoms with E-state index in [4.69, 9.17) is 0 Å². The summed E-state index contributed by atoms with van der Waals surface area (Å²) >= 11 is 0. The Labute approximate surface area is 168 Å². The molecule has 29 heavy (non-hydrogen) atoms. The number of rotatable bonds is 3. The van der Waals surface area contributed by atoms with Gasteiger partial charge in [0.2, 0.25) is 5.91 Å². The van der Waals surface area contributed by atoms with Gasteiger partial charge in [-0.05, 0) is 54.7 Å². The van der Waals surface area contributed by atoms with Crippen LogP contribution < -0.4 is 10.2 Å². The number of hydrogen-bond acceptors (Lipinski definition) is 3. The van der Waals surface area contributed by atoms with Crippen LogP contribution in [0, 0.1) is 11.3 Å². The maximum Gasteiger partial charge on any atom is 0.272 e. The summed E-state index contributed by atoms with van der Waals surface area (Å²) in [6.45, 7) is 0.890. The normalized spacial score (nSPS) is 15.1. The predicted octanol–water partition coefficient (Wildman–Crippen LogP) is 3.64. The number of amides is 2. The number of aromatic nitrogens is 1. The summed E-state index contributed by atoms with van der Waals surface area (Å²) in [5.41, 5.74) is 5.37. The van der Waals surface area contributed by atoms with Crippen LogP contribution in [0.1, 0.15) is 34.5 Å². The summed E-state index contributed by atoms with van der Waals surface area (Å²) in [6, 6.07) is 15.6. The first-order valence-electron chi connectivity index (χ1n) is 9.88. The molecule has 1 aromatic heterocycles.